The van der Waals surface area contributed by atoms with Gasteiger partial charge in [-0.05, 0) is 146 Å². The van der Waals surface area contributed by atoms with Gasteiger partial charge in [-0.3, -0.25) is 9.59 Å². The number of amides is 3. The molecule has 4 aliphatic rings. The normalized spacial score (nSPS) is 26.4. The standard InChI is InChI=1S/C44H62FN3O11/c1-26(56-43(53)57-33-9-7-6-8-10-33)55-41(51)37-24-30-23-31(17-20-36(30)58-37)46-39(49)38-34(27-15-18-32(54-5)19-16-27)21-22-48(38)40(50)29-13-11-28(12-14-29)35(25-45)47-42(52)59-44(2,3)4/h17,20,23-24,26-29,32-35,38H,6-16,18-19,21-22,25H2,1-5H3,(H,46,49)(H,47,52)/t26?,27?,28?,29?,32?,34-,35+,38+/m0/s1. The number of alkyl carbamates (subject to hydrolysis) is 1. The van der Waals surface area contributed by atoms with Gasteiger partial charge in [-0.2, -0.15) is 0 Å². The Morgan fingerprint density at radius 1 is 0.881 bits per heavy atom. The number of hydrogen-bond donors (Lipinski definition) is 2. The Morgan fingerprint density at radius 2 is 1.59 bits per heavy atom. The summed E-state index contributed by atoms with van der Waals surface area (Å²) in [5.74, 6) is -1.52. The molecule has 3 aliphatic carbocycles. The van der Waals surface area contributed by atoms with Crippen LogP contribution in [0.5, 0.6) is 0 Å². The number of carbonyl (C=O) groups excluding carboxylic acids is 5. The molecule has 1 unspecified atom stereocenters. The minimum absolute atomic E-state index is 0.0368. The van der Waals surface area contributed by atoms with Crippen molar-refractivity contribution in [3.8, 4) is 0 Å². The Balaban J connectivity index is 1.09. The molecule has 2 N–H and O–H groups in total. The Kier molecular flexibility index (Phi) is 14.8. The molecule has 1 saturated heterocycles. The van der Waals surface area contributed by atoms with Gasteiger partial charge in [0.1, 0.15) is 30.0 Å². The van der Waals surface area contributed by atoms with Crippen LogP contribution in [0.3, 0.4) is 0 Å². The van der Waals surface area contributed by atoms with Crippen molar-refractivity contribution < 1.29 is 56.5 Å². The number of likely N-dealkylation sites (tertiary alicyclic amines) is 1. The van der Waals surface area contributed by atoms with E-state index in [4.69, 9.17) is 28.1 Å². The van der Waals surface area contributed by atoms with Gasteiger partial charge in [0.15, 0.2) is 0 Å². The van der Waals surface area contributed by atoms with E-state index in [0.29, 0.717) is 55.3 Å². The number of carbonyl (C=O) groups is 5. The molecule has 15 heteroatoms. The number of anilines is 1. The van der Waals surface area contributed by atoms with Gasteiger partial charge < -0.3 is 43.6 Å². The molecule has 0 spiro atoms. The van der Waals surface area contributed by atoms with Crippen molar-refractivity contribution in [2.24, 2.45) is 23.7 Å². The first-order chi connectivity index (χ1) is 28.2. The molecule has 3 amide bonds. The Hall–Kier alpha value is -4.40. The molecule has 1 aromatic heterocycles. The lowest BCUT2D eigenvalue weighted by atomic mass is 9.75. The highest BCUT2D eigenvalue weighted by Crippen LogP contribution is 2.42. The lowest BCUT2D eigenvalue weighted by molar-refractivity contribution is -0.142. The topological polar surface area (TPSA) is 172 Å². The fourth-order valence-corrected chi connectivity index (χ4v) is 9.54. The predicted molar refractivity (Wildman–Crippen MR) is 215 cm³/mol. The molecule has 1 aromatic carbocycles. The van der Waals surface area contributed by atoms with E-state index in [2.05, 4.69) is 10.6 Å². The van der Waals surface area contributed by atoms with Crippen molar-refractivity contribution in [2.45, 2.75) is 154 Å². The maximum absolute atomic E-state index is 14.4. The second-order valence-corrected chi connectivity index (χ2v) is 17.8. The van der Waals surface area contributed by atoms with E-state index in [0.717, 1.165) is 57.8 Å². The molecule has 4 atom stereocenters. The first kappa shape index (κ1) is 44.2. The molecule has 2 aromatic rings. The number of furan rings is 1. The van der Waals surface area contributed by atoms with Gasteiger partial charge in [0.2, 0.25) is 23.9 Å². The minimum atomic E-state index is -1.21. The largest absolute Gasteiger partial charge is 0.511 e. The predicted octanol–water partition coefficient (Wildman–Crippen LogP) is 8.45. The molecular weight excluding hydrogens is 765 g/mol. The van der Waals surface area contributed by atoms with Crippen LogP contribution in [-0.4, -0.2) is 91.4 Å². The Morgan fingerprint density at radius 3 is 2.25 bits per heavy atom. The fraction of sp³-hybridized carbons (Fsp3) is 0.705. The number of ether oxygens (including phenoxy) is 5. The van der Waals surface area contributed by atoms with Gasteiger partial charge in [-0.25, -0.2) is 18.8 Å². The van der Waals surface area contributed by atoms with Crippen LogP contribution in [0, 0.1) is 23.7 Å². The van der Waals surface area contributed by atoms with E-state index < -0.39 is 48.9 Å². The smallest absolute Gasteiger partial charge is 0.449 e. The van der Waals surface area contributed by atoms with Crippen LogP contribution < -0.4 is 10.6 Å². The number of benzene rings is 1. The van der Waals surface area contributed by atoms with Crippen molar-refractivity contribution in [1.29, 1.82) is 0 Å². The third kappa shape index (κ3) is 11.7. The minimum Gasteiger partial charge on any atom is -0.449 e. The number of nitrogens with one attached hydrogen (secondary N) is 2. The lowest BCUT2D eigenvalue weighted by Crippen LogP contribution is -2.50. The zero-order valence-electron chi connectivity index (χ0n) is 35.1. The molecule has 3 saturated carbocycles. The third-order valence-corrected chi connectivity index (χ3v) is 12.5. The number of esters is 1. The summed E-state index contributed by atoms with van der Waals surface area (Å²) in [7, 11) is 1.73. The number of fused-ring (bicyclic) bond motifs is 1. The Labute approximate surface area is 345 Å². The monoisotopic (exact) mass is 827 g/mol. The number of nitrogens with zero attached hydrogens (tertiary/aromatic N) is 1. The summed E-state index contributed by atoms with van der Waals surface area (Å²) >= 11 is 0. The molecule has 2 heterocycles. The Bertz CT molecular complexity index is 1770. The summed E-state index contributed by atoms with van der Waals surface area (Å²) in [5.41, 5.74) is 0.155. The summed E-state index contributed by atoms with van der Waals surface area (Å²) in [5, 5.41) is 6.29. The third-order valence-electron chi connectivity index (χ3n) is 12.5. The van der Waals surface area contributed by atoms with E-state index >= 15 is 0 Å². The average molecular weight is 828 g/mol. The van der Waals surface area contributed by atoms with Gasteiger partial charge in [-0.15, -0.1) is 0 Å². The van der Waals surface area contributed by atoms with Gasteiger partial charge in [0.05, 0.1) is 12.1 Å². The van der Waals surface area contributed by atoms with Crippen LogP contribution in [0.2, 0.25) is 0 Å². The van der Waals surface area contributed by atoms with E-state index in [-0.39, 0.29) is 53.5 Å². The summed E-state index contributed by atoms with van der Waals surface area (Å²) < 4.78 is 46.7. The number of methoxy groups -OCH3 is 1. The van der Waals surface area contributed by atoms with Crippen molar-refractivity contribution in [3.63, 3.8) is 0 Å². The molecule has 6 rings (SSSR count). The summed E-state index contributed by atoms with van der Waals surface area (Å²) in [6.07, 6.45) is 8.37. The number of halogens is 1. The highest BCUT2D eigenvalue weighted by Gasteiger charge is 2.47. The molecule has 14 nitrogen and oxygen atoms in total. The molecule has 326 valence electrons. The first-order valence-electron chi connectivity index (χ1n) is 21.5. The van der Waals surface area contributed by atoms with E-state index in [1.165, 1.54) is 13.0 Å². The fourth-order valence-electron chi connectivity index (χ4n) is 9.54. The van der Waals surface area contributed by atoms with Crippen LogP contribution in [0.15, 0.2) is 28.7 Å². The highest BCUT2D eigenvalue weighted by molar-refractivity contribution is 6.00. The number of rotatable bonds is 12. The summed E-state index contributed by atoms with van der Waals surface area (Å²) in [6.45, 7) is 6.41. The SMILES string of the molecule is COC1CCC([C@@H]2CCN(C(=O)C3CCC([C@@H](CF)NC(=O)OC(C)(C)C)CC3)[C@H]2C(=O)Nc2ccc3oc(C(=O)OC(C)OC(=O)OC4CCCCC4)cc3c2)CC1. The molecule has 0 radical (unpaired) electrons. The first-order valence-corrected chi connectivity index (χ1v) is 21.5. The van der Waals surface area contributed by atoms with Gasteiger partial charge >= 0.3 is 18.2 Å². The second-order valence-electron chi connectivity index (χ2n) is 17.8. The van der Waals surface area contributed by atoms with Crippen molar-refractivity contribution in [1.82, 2.24) is 10.2 Å². The van der Waals surface area contributed by atoms with Crippen LogP contribution in [-0.2, 0) is 33.3 Å². The quantitative estimate of drug-likeness (QED) is 0.119. The van der Waals surface area contributed by atoms with Gasteiger partial charge in [-0.1, -0.05) is 6.42 Å². The molecule has 59 heavy (non-hydrogen) atoms. The molecular formula is C44H62FN3O11. The average Bonchev–Trinajstić information content (AvgIpc) is 3.85. The molecule has 1 aliphatic heterocycles. The van der Waals surface area contributed by atoms with E-state index in [1.54, 1.807) is 51.0 Å². The second kappa shape index (κ2) is 19.8. The van der Waals surface area contributed by atoms with Gasteiger partial charge in [0, 0.05) is 37.6 Å². The van der Waals surface area contributed by atoms with Crippen molar-refractivity contribution >= 4 is 46.7 Å². The molecule has 0 bridgehead atoms. The number of alkyl halides is 1. The lowest BCUT2D eigenvalue weighted by Gasteiger charge is -2.38. The zero-order valence-corrected chi connectivity index (χ0v) is 35.1. The summed E-state index contributed by atoms with van der Waals surface area (Å²) in [4.78, 5) is 68.0. The number of hydrogen-bond acceptors (Lipinski definition) is 11. The van der Waals surface area contributed by atoms with Crippen molar-refractivity contribution in [3.05, 3.63) is 30.0 Å². The van der Waals surface area contributed by atoms with Crippen molar-refractivity contribution in [2.75, 3.05) is 25.6 Å². The van der Waals surface area contributed by atoms with Crippen LogP contribution in [0.25, 0.3) is 11.0 Å². The van der Waals surface area contributed by atoms with Crippen LogP contribution >= 0.6 is 0 Å². The highest BCUT2D eigenvalue weighted by atomic mass is 19.1. The maximum Gasteiger partial charge on any atom is 0.511 e. The van der Waals surface area contributed by atoms with Crippen LogP contribution in [0.1, 0.15) is 128 Å². The maximum atomic E-state index is 14.4. The molecule has 4 fully saturated rings. The van der Waals surface area contributed by atoms with Gasteiger partial charge in [0.25, 0.3) is 0 Å². The summed E-state index contributed by atoms with van der Waals surface area (Å²) in [6, 6.07) is 5.13. The van der Waals surface area contributed by atoms with E-state index in [1.807, 2.05) is 0 Å². The van der Waals surface area contributed by atoms with Crippen LogP contribution in [0.4, 0.5) is 19.7 Å². The van der Waals surface area contributed by atoms with E-state index in [9.17, 15) is 28.4 Å². The zero-order chi connectivity index (χ0) is 42.3.